The first kappa shape index (κ1) is 15.4. The van der Waals surface area contributed by atoms with E-state index >= 15 is 0 Å². The predicted octanol–water partition coefficient (Wildman–Crippen LogP) is 3.24. The van der Waals surface area contributed by atoms with Crippen LogP contribution in [-0.2, 0) is 0 Å². The van der Waals surface area contributed by atoms with Crippen LogP contribution in [0.15, 0.2) is 24.4 Å². The number of fused-ring (bicyclic) bond motifs is 1. The third-order valence-electron chi connectivity index (χ3n) is 4.49. The number of nitrogens with zero attached hydrogens (tertiary/aromatic N) is 2. The minimum Gasteiger partial charge on any atom is -0.486 e. The van der Waals surface area contributed by atoms with Gasteiger partial charge in [0, 0.05) is 35.6 Å². The Kier molecular flexibility index (Phi) is 4.14. The van der Waals surface area contributed by atoms with Crippen molar-refractivity contribution in [3.63, 3.8) is 0 Å². The molecule has 2 aliphatic rings. The first-order valence-electron chi connectivity index (χ1n) is 8.32. The Morgan fingerprint density at radius 2 is 2.12 bits per heavy atom. The number of piperidine rings is 1. The Hall–Kier alpha value is -2.08. The molecule has 1 atom stereocenters. The molecule has 5 nitrogen and oxygen atoms in total. The van der Waals surface area contributed by atoms with E-state index in [-0.39, 0.29) is 5.91 Å². The van der Waals surface area contributed by atoms with E-state index in [1.165, 1.54) is 4.88 Å². The summed E-state index contributed by atoms with van der Waals surface area (Å²) in [6.07, 6.45) is 4.03. The minimum atomic E-state index is 0.0601. The van der Waals surface area contributed by atoms with Crippen LogP contribution >= 0.6 is 11.3 Å². The monoisotopic (exact) mass is 344 g/mol. The van der Waals surface area contributed by atoms with Gasteiger partial charge in [0.1, 0.15) is 13.2 Å². The van der Waals surface area contributed by atoms with E-state index in [1.54, 1.807) is 17.4 Å². The number of likely N-dealkylation sites (tertiary alicyclic amines) is 1. The molecule has 1 fully saturated rings. The Balaban J connectivity index is 1.51. The lowest BCUT2D eigenvalue weighted by Crippen LogP contribution is -2.39. The van der Waals surface area contributed by atoms with Gasteiger partial charge in [-0.2, -0.15) is 0 Å². The highest BCUT2D eigenvalue weighted by molar-refractivity contribution is 7.11. The van der Waals surface area contributed by atoms with Gasteiger partial charge in [-0.25, -0.2) is 4.98 Å². The van der Waals surface area contributed by atoms with E-state index in [2.05, 4.69) is 11.9 Å². The van der Waals surface area contributed by atoms with Gasteiger partial charge >= 0.3 is 0 Å². The summed E-state index contributed by atoms with van der Waals surface area (Å²) in [7, 11) is 0. The molecule has 0 aliphatic carbocycles. The number of hydrogen-bond acceptors (Lipinski definition) is 5. The molecular weight excluding hydrogens is 324 g/mol. The van der Waals surface area contributed by atoms with Crippen LogP contribution < -0.4 is 9.47 Å². The number of hydrogen-bond donors (Lipinski definition) is 0. The number of thiazole rings is 1. The largest absolute Gasteiger partial charge is 0.486 e. The van der Waals surface area contributed by atoms with E-state index < -0.39 is 0 Å². The van der Waals surface area contributed by atoms with Gasteiger partial charge < -0.3 is 14.4 Å². The summed E-state index contributed by atoms with van der Waals surface area (Å²) >= 11 is 1.74. The maximum Gasteiger partial charge on any atom is 0.254 e. The zero-order valence-corrected chi connectivity index (χ0v) is 14.5. The van der Waals surface area contributed by atoms with Crippen LogP contribution in [0.5, 0.6) is 11.5 Å². The molecule has 0 saturated carbocycles. The van der Waals surface area contributed by atoms with Crippen molar-refractivity contribution < 1.29 is 14.3 Å². The van der Waals surface area contributed by atoms with Gasteiger partial charge in [-0.15, -0.1) is 11.3 Å². The van der Waals surface area contributed by atoms with Crippen LogP contribution in [0, 0.1) is 6.92 Å². The number of carbonyl (C=O) groups excluding carboxylic acids is 1. The van der Waals surface area contributed by atoms with E-state index in [1.807, 2.05) is 23.2 Å². The highest BCUT2D eigenvalue weighted by Gasteiger charge is 2.27. The fourth-order valence-corrected chi connectivity index (χ4v) is 4.18. The Morgan fingerprint density at radius 1 is 1.29 bits per heavy atom. The fourth-order valence-electron chi connectivity index (χ4n) is 3.28. The average molecular weight is 344 g/mol. The summed E-state index contributed by atoms with van der Waals surface area (Å²) in [5.74, 6) is 1.78. The molecule has 2 aromatic rings. The second kappa shape index (κ2) is 6.43. The van der Waals surface area contributed by atoms with Crippen LogP contribution in [0.25, 0.3) is 0 Å². The minimum absolute atomic E-state index is 0.0601. The van der Waals surface area contributed by atoms with Gasteiger partial charge in [-0.3, -0.25) is 4.79 Å². The first-order chi connectivity index (χ1) is 11.7. The Bertz CT molecular complexity index is 758. The third kappa shape index (κ3) is 2.98. The van der Waals surface area contributed by atoms with Gasteiger partial charge in [-0.05, 0) is 38.0 Å². The molecular formula is C18H20N2O3S. The van der Waals surface area contributed by atoms with E-state index in [9.17, 15) is 4.79 Å². The van der Waals surface area contributed by atoms with Crippen molar-refractivity contribution in [2.45, 2.75) is 25.7 Å². The smallest absolute Gasteiger partial charge is 0.254 e. The molecule has 3 heterocycles. The molecule has 1 amide bonds. The van der Waals surface area contributed by atoms with Crippen molar-refractivity contribution in [3.8, 4) is 11.5 Å². The lowest BCUT2D eigenvalue weighted by Gasteiger charge is -2.32. The first-order valence-corrected chi connectivity index (χ1v) is 9.13. The molecule has 126 valence electrons. The van der Waals surface area contributed by atoms with E-state index in [0.717, 1.165) is 30.9 Å². The van der Waals surface area contributed by atoms with Crippen LogP contribution in [0.1, 0.15) is 39.0 Å². The van der Waals surface area contributed by atoms with Gasteiger partial charge in [0.2, 0.25) is 0 Å². The van der Waals surface area contributed by atoms with Crippen molar-refractivity contribution in [3.05, 3.63) is 39.8 Å². The van der Waals surface area contributed by atoms with E-state index in [0.29, 0.717) is 36.2 Å². The van der Waals surface area contributed by atoms with Crippen molar-refractivity contribution in [1.82, 2.24) is 9.88 Å². The average Bonchev–Trinajstić information content (AvgIpc) is 3.07. The molecule has 4 rings (SSSR count). The topological polar surface area (TPSA) is 51.7 Å². The Labute approximate surface area is 145 Å². The zero-order valence-electron chi connectivity index (χ0n) is 13.7. The number of amides is 1. The zero-order chi connectivity index (χ0) is 16.5. The molecule has 0 bridgehead atoms. The molecule has 1 aromatic carbocycles. The molecule has 1 aromatic heterocycles. The molecule has 1 saturated heterocycles. The van der Waals surface area contributed by atoms with Gasteiger partial charge in [0.15, 0.2) is 11.5 Å². The number of rotatable bonds is 2. The quantitative estimate of drug-likeness (QED) is 0.839. The van der Waals surface area contributed by atoms with Crippen LogP contribution in [0.4, 0.5) is 0 Å². The maximum absolute atomic E-state index is 12.9. The molecule has 6 heteroatoms. The second-order valence-corrected chi connectivity index (χ2v) is 7.52. The molecule has 0 radical (unpaired) electrons. The summed E-state index contributed by atoms with van der Waals surface area (Å²) < 4.78 is 11.1. The van der Waals surface area contributed by atoms with Crippen molar-refractivity contribution in [2.75, 3.05) is 26.3 Å². The molecule has 0 N–H and O–H groups in total. The summed E-state index contributed by atoms with van der Waals surface area (Å²) in [5, 5.41) is 1.15. The maximum atomic E-state index is 12.9. The number of aryl methyl sites for hydroxylation is 1. The Morgan fingerprint density at radius 3 is 2.92 bits per heavy atom. The lowest BCUT2D eigenvalue weighted by molar-refractivity contribution is 0.0706. The standard InChI is InChI=1S/C18H20N2O3S/c1-12-10-19-17(24-12)14-3-2-6-20(11-14)18(21)13-4-5-15-16(9-13)23-8-7-22-15/h4-5,9-10,14H,2-3,6-8,11H2,1H3/t14-/m1/s1. The number of benzene rings is 1. The van der Waals surface area contributed by atoms with Gasteiger partial charge in [-0.1, -0.05) is 0 Å². The van der Waals surface area contributed by atoms with Crippen LogP contribution in [0.2, 0.25) is 0 Å². The molecule has 0 unspecified atom stereocenters. The van der Waals surface area contributed by atoms with Crippen molar-refractivity contribution >= 4 is 17.2 Å². The summed E-state index contributed by atoms with van der Waals surface area (Å²) in [5.41, 5.74) is 0.662. The van der Waals surface area contributed by atoms with Crippen LogP contribution in [0.3, 0.4) is 0 Å². The normalized spacial score (nSPS) is 20.0. The summed E-state index contributed by atoms with van der Waals surface area (Å²) in [4.78, 5) is 20.6. The molecule has 2 aliphatic heterocycles. The van der Waals surface area contributed by atoms with Crippen LogP contribution in [-0.4, -0.2) is 42.1 Å². The predicted molar refractivity (Wildman–Crippen MR) is 92.2 cm³/mol. The van der Waals surface area contributed by atoms with Crippen molar-refractivity contribution in [2.24, 2.45) is 0 Å². The fraction of sp³-hybridized carbons (Fsp3) is 0.444. The van der Waals surface area contributed by atoms with Crippen molar-refractivity contribution in [1.29, 1.82) is 0 Å². The third-order valence-corrected chi connectivity index (χ3v) is 5.56. The SMILES string of the molecule is Cc1cnc([C@@H]2CCCN(C(=O)c3ccc4c(c3)OCCO4)C2)s1. The second-order valence-electron chi connectivity index (χ2n) is 6.26. The van der Waals surface area contributed by atoms with Gasteiger partial charge in [0.25, 0.3) is 5.91 Å². The summed E-state index contributed by atoms with van der Waals surface area (Å²) in [6, 6.07) is 5.45. The molecule has 24 heavy (non-hydrogen) atoms. The number of ether oxygens (including phenoxy) is 2. The summed E-state index contributed by atoms with van der Waals surface area (Å²) in [6.45, 7) is 4.69. The molecule has 0 spiro atoms. The number of aromatic nitrogens is 1. The van der Waals surface area contributed by atoms with E-state index in [4.69, 9.17) is 9.47 Å². The highest BCUT2D eigenvalue weighted by atomic mass is 32.1. The lowest BCUT2D eigenvalue weighted by atomic mass is 9.98. The van der Waals surface area contributed by atoms with Gasteiger partial charge in [0.05, 0.1) is 5.01 Å². The highest BCUT2D eigenvalue weighted by Crippen LogP contribution is 2.33. The number of carbonyl (C=O) groups is 1.